The molecule has 1 heterocycles. The number of pyridine rings is 1. The minimum atomic E-state index is -0.562. The van der Waals surface area contributed by atoms with Crippen LogP contribution in [0, 0.1) is 18.6 Å². The summed E-state index contributed by atoms with van der Waals surface area (Å²) in [6, 6.07) is 5.24. The summed E-state index contributed by atoms with van der Waals surface area (Å²) in [7, 11) is 0. The molecule has 0 aliphatic heterocycles. The van der Waals surface area contributed by atoms with Gasteiger partial charge in [-0.15, -0.1) is 0 Å². The molecular weight excluding hydrogens is 248 g/mol. The number of nitrogens with one attached hydrogen (secondary N) is 1. The predicted molar refractivity (Wildman–Crippen MR) is 71.9 cm³/mol. The van der Waals surface area contributed by atoms with Crippen LogP contribution in [0.2, 0.25) is 0 Å². The number of rotatable bonds is 4. The molecule has 0 unspecified atom stereocenters. The summed E-state index contributed by atoms with van der Waals surface area (Å²) < 4.78 is 26.0. The van der Waals surface area contributed by atoms with Crippen molar-refractivity contribution in [2.45, 2.75) is 13.3 Å². The predicted octanol–water partition coefficient (Wildman–Crippen LogP) is 2.91. The molecule has 0 saturated heterocycles. The Balaban J connectivity index is 1.94. The molecule has 3 N–H and O–H groups in total. The Morgan fingerprint density at radius 3 is 2.47 bits per heavy atom. The molecule has 19 heavy (non-hydrogen) atoms. The maximum atomic E-state index is 13.0. The van der Waals surface area contributed by atoms with Gasteiger partial charge in [0, 0.05) is 30.6 Å². The van der Waals surface area contributed by atoms with Gasteiger partial charge in [-0.3, -0.25) is 0 Å². The quantitative estimate of drug-likeness (QED) is 0.891. The second-order valence-corrected chi connectivity index (χ2v) is 4.38. The number of benzene rings is 1. The van der Waals surface area contributed by atoms with Gasteiger partial charge < -0.3 is 11.1 Å². The van der Waals surface area contributed by atoms with Crippen LogP contribution in [0.3, 0.4) is 0 Å². The van der Waals surface area contributed by atoms with Gasteiger partial charge >= 0.3 is 0 Å². The molecule has 5 heteroatoms. The Labute approximate surface area is 110 Å². The van der Waals surface area contributed by atoms with E-state index in [9.17, 15) is 8.78 Å². The summed E-state index contributed by atoms with van der Waals surface area (Å²) in [5.74, 6) is -0.472. The highest BCUT2D eigenvalue weighted by molar-refractivity contribution is 5.53. The molecule has 0 saturated carbocycles. The molecule has 0 atom stereocenters. The summed E-state index contributed by atoms with van der Waals surface area (Å²) in [5, 5.41) is 3.06. The van der Waals surface area contributed by atoms with Gasteiger partial charge in [-0.05, 0) is 36.6 Å². The van der Waals surface area contributed by atoms with Crippen LogP contribution >= 0.6 is 0 Å². The van der Waals surface area contributed by atoms with Crippen LogP contribution < -0.4 is 11.1 Å². The molecule has 2 aromatic rings. The first-order valence-electron chi connectivity index (χ1n) is 5.95. The molecular formula is C14H15F2N3. The van der Waals surface area contributed by atoms with Gasteiger partial charge in [0.25, 0.3) is 0 Å². The molecule has 0 amide bonds. The molecule has 1 aromatic heterocycles. The van der Waals surface area contributed by atoms with Crippen LogP contribution in [0.4, 0.5) is 20.3 Å². The van der Waals surface area contributed by atoms with E-state index in [1.807, 2.05) is 6.92 Å². The van der Waals surface area contributed by atoms with Crippen LogP contribution in [-0.4, -0.2) is 11.5 Å². The highest BCUT2D eigenvalue weighted by atomic mass is 19.1. The monoisotopic (exact) mass is 263 g/mol. The smallest absolute Gasteiger partial charge is 0.127 e. The molecule has 0 bridgehead atoms. The lowest BCUT2D eigenvalue weighted by molar-refractivity contribution is 0.580. The van der Waals surface area contributed by atoms with Gasteiger partial charge in [-0.25, -0.2) is 13.8 Å². The average Bonchev–Trinajstić information content (AvgIpc) is 2.32. The zero-order chi connectivity index (χ0) is 13.8. The van der Waals surface area contributed by atoms with Gasteiger partial charge in [0.2, 0.25) is 0 Å². The lowest BCUT2D eigenvalue weighted by Gasteiger charge is -2.07. The second kappa shape index (κ2) is 5.65. The molecule has 2 rings (SSSR count). The minimum Gasteiger partial charge on any atom is -0.398 e. The largest absolute Gasteiger partial charge is 0.398 e. The van der Waals surface area contributed by atoms with Crippen molar-refractivity contribution in [3.05, 3.63) is 53.2 Å². The van der Waals surface area contributed by atoms with Gasteiger partial charge in [0.15, 0.2) is 0 Å². The zero-order valence-electron chi connectivity index (χ0n) is 10.6. The third-order valence-electron chi connectivity index (χ3n) is 2.79. The fourth-order valence-corrected chi connectivity index (χ4v) is 1.73. The van der Waals surface area contributed by atoms with E-state index in [0.717, 1.165) is 11.6 Å². The fraction of sp³-hybridized carbons (Fsp3) is 0.214. The number of hydrogen-bond donors (Lipinski definition) is 2. The van der Waals surface area contributed by atoms with Crippen molar-refractivity contribution in [2.75, 3.05) is 17.6 Å². The number of halogens is 2. The highest BCUT2D eigenvalue weighted by Gasteiger charge is 2.02. The number of aryl methyl sites for hydroxylation is 1. The number of nitrogen functional groups attached to an aromatic ring is 1. The van der Waals surface area contributed by atoms with Crippen LogP contribution in [0.1, 0.15) is 11.1 Å². The van der Waals surface area contributed by atoms with E-state index < -0.39 is 11.6 Å². The normalized spacial score (nSPS) is 10.5. The lowest BCUT2D eigenvalue weighted by Crippen LogP contribution is -2.07. The SMILES string of the molecule is Cc1cnc(NCCc2cc(F)cc(F)c2)cc1N. The van der Waals surface area contributed by atoms with E-state index in [2.05, 4.69) is 10.3 Å². The molecule has 0 spiro atoms. The van der Waals surface area contributed by atoms with Gasteiger partial charge in [-0.2, -0.15) is 0 Å². The molecule has 0 aliphatic rings. The topological polar surface area (TPSA) is 50.9 Å². The van der Waals surface area contributed by atoms with Gasteiger partial charge in [-0.1, -0.05) is 0 Å². The van der Waals surface area contributed by atoms with Crippen LogP contribution in [0.5, 0.6) is 0 Å². The Morgan fingerprint density at radius 1 is 1.16 bits per heavy atom. The van der Waals surface area contributed by atoms with Crippen molar-refractivity contribution in [3.63, 3.8) is 0 Å². The lowest BCUT2D eigenvalue weighted by atomic mass is 10.1. The zero-order valence-corrected chi connectivity index (χ0v) is 10.6. The first kappa shape index (κ1) is 13.3. The van der Waals surface area contributed by atoms with Gasteiger partial charge in [0.1, 0.15) is 17.5 Å². The van der Waals surface area contributed by atoms with E-state index in [1.165, 1.54) is 12.1 Å². The van der Waals surface area contributed by atoms with Crippen molar-refractivity contribution < 1.29 is 8.78 Å². The third-order valence-corrected chi connectivity index (χ3v) is 2.79. The minimum absolute atomic E-state index is 0.504. The number of nitrogens with zero attached hydrogens (tertiary/aromatic N) is 1. The Morgan fingerprint density at radius 2 is 1.84 bits per heavy atom. The number of nitrogens with two attached hydrogens (primary N) is 1. The number of aromatic nitrogens is 1. The molecule has 3 nitrogen and oxygen atoms in total. The summed E-state index contributed by atoms with van der Waals surface area (Å²) in [5.41, 5.74) is 7.94. The van der Waals surface area contributed by atoms with Crippen molar-refractivity contribution in [3.8, 4) is 0 Å². The van der Waals surface area contributed by atoms with E-state index in [-0.39, 0.29) is 0 Å². The van der Waals surface area contributed by atoms with Crippen molar-refractivity contribution in [1.82, 2.24) is 4.98 Å². The van der Waals surface area contributed by atoms with Crippen LogP contribution in [0.25, 0.3) is 0 Å². The molecule has 100 valence electrons. The first-order valence-corrected chi connectivity index (χ1v) is 5.95. The van der Waals surface area contributed by atoms with E-state index in [0.29, 0.717) is 30.0 Å². The summed E-state index contributed by atoms with van der Waals surface area (Å²) in [4.78, 5) is 4.17. The second-order valence-electron chi connectivity index (χ2n) is 4.38. The fourth-order valence-electron chi connectivity index (χ4n) is 1.73. The maximum Gasteiger partial charge on any atom is 0.127 e. The van der Waals surface area contributed by atoms with E-state index >= 15 is 0 Å². The first-order chi connectivity index (χ1) is 9.04. The third kappa shape index (κ3) is 3.64. The summed E-state index contributed by atoms with van der Waals surface area (Å²) in [6.45, 7) is 2.40. The van der Waals surface area contributed by atoms with Crippen molar-refractivity contribution in [2.24, 2.45) is 0 Å². The van der Waals surface area contributed by atoms with Gasteiger partial charge in [0.05, 0.1) is 0 Å². The van der Waals surface area contributed by atoms with Crippen molar-refractivity contribution in [1.29, 1.82) is 0 Å². The Hall–Kier alpha value is -2.17. The van der Waals surface area contributed by atoms with Crippen LogP contribution in [0.15, 0.2) is 30.5 Å². The van der Waals surface area contributed by atoms with E-state index in [1.54, 1.807) is 12.3 Å². The standard InChI is InChI=1S/C14H15F2N3/c1-9-8-19-14(7-13(9)17)18-3-2-10-4-11(15)6-12(16)5-10/h4-8H,2-3H2,1H3,(H3,17,18,19). The molecule has 0 fully saturated rings. The maximum absolute atomic E-state index is 13.0. The summed E-state index contributed by atoms with van der Waals surface area (Å²) in [6.07, 6.45) is 2.18. The highest BCUT2D eigenvalue weighted by Crippen LogP contribution is 2.14. The van der Waals surface area contributed by atoms with Crippen LogP contribution in [-0.2, 0) is 6.42 Å². The number of anilines is 2. The number of hydrogen-bond acceptors (Lipinski definition) is 3. The Kier molecular flexibility index (Phi) is 3.94. The van der Waals surface area contributed by atoms with Crippen molar-refractivity contribution >= 4 is 11.5 Å². The molecule has 0 aliphatic carbocycles. The molecule has 1 aromatic carbocycles. The Bertz CT molecular complexity index is 565. The average molecular weight is 263 g/mol. The molecule has 0 radical (unpaired) electrons. The van der Waals surface area contributed by atoms with E-state index in [4.69, 9.17) is 5.73 Å². The summed E-state index contributed by atoms with van der Waals surface area (Å²) >= 11 is 0.